The van der Waals surface area contributed by atoms with Gasteiger partial charge in [0.05, 0.1) is 24.1 Å². The number of aryl methyl sites for hydroxylation is 1. The van der Waals surface area contributed by atoms with Gasteiger partial charge in [-0.3, -0.25) is 9.97 Å². The smallest absolute Gasteiger partial charge is 0.0777 e. The maximum atomic E-state index is 6.08. The molecular formula is C12H11BrClN3. The monoisotopic (exact) mass is 311 g/mol. The molecule has 88 valence electrons. The van der Waals surface area contributed by atoms with E-state index in [0.717, 1.165) is 26.4 Å². The van der Waals surface area contributed by atoms with E-state index in [1.807, 2.05) is 19.1 Å². The maximum Gasteiger partial charge on any atom is 0.0777 e. The normalized spacial score (nSPS) is 10.3. The molecule has 1 aromatic heterocycles. The van der Waals surface area contributed by atoms with Crippen LogP contribution in [0.5, 0.6) is 0 Å². The summed E-state index contributed by atoms with van der Waals surface area (Å²) in [7, 11) is 0. The standard InChI is InChI=1S/C12H11BrClN3/c1-8-4-10(13)12(5-11(8)14)17-7-9-6-15-2-3-16-9/h2-6,17H,7H2,1H3. The van der Waals surface area contributed by atoms with Crippen LogP contribution in [0.1, 0.15) is 11.3 Å². The van der Waals surface area contributed by atoms with Crippen molar-refractivity contribution in [1.82, 2.24) is 9.97 Å². The molecule has 0 aliphatic heterocycles. The lowest BCUT2D eigenvalue weighted by molar-refractivity contribution is 1.01. The number of anilines is 1. The minimum Gasteiger partial charge on any atom is -0.378 e. The summed E-state index contributed by atoms with van der Waals surface area (Å²) >= 11 is 9.58. The van der Waals surface area contributed by atoms with Crippen molar-refractivity contribution >= 4 is 33.2 Å². The number of aromatic nitrogens is 2. The van der Waals surface area contributed by atoms with Crippen LogP contribution < -0.4 is 5.32 Å². The number of nitrogens with one attached hydrogen (secondary N) is 1. The van der Waals surface area contributed by atoms with Gasteiger partial charge in [0.2, 0.25) is 0 Å². The van der Waals surface area contributed by atoms with Crippen LogP contribution in [0.25, 0.3) is 0 Å². The number of hydrogen-bond donors (Lipinski definition) is 1. The first-order chi connectivity index (χ1) is 8.16. The SMILES string of the molecule is Cc1cc(Br)c(NCc2cnccn2)cc1Cl. The Kier molecular flexibility index (Phi) is 3.97. The van der Waals surface area contributed by atoms with Crippen molar-refractivity contribution in [2.24, 2.45) is 0 Å². The van der Waals surface area contributed by atoms with Crippen molar-refractivity contribution in [2.75, 3.05) is 5.32 Å². The lowest BCUT2D eigenvalue weighted by atomic mass is 10.2. The van der Waals surface area contributed by atoms with Crippen molar-refractivity contribution in [1.29, 1.82) is 0 Å². The minimum atomic E-state index is 0.617. The van der Waals surface area contributed by atoms with E-state index in [2.05, 4.69) is 31.2 Å². The summed E-state index contributed by atoms with van der Waals surface area (Å²) in [6.07, 6.45) is 5.06. The van der Waals surface area contributed by atoms with Crippen molar-refractivity contribution in [3.05, 3.63) is 51.5 Å². The average molecular weight is 313 g/mol. The molecule has 0 atom stereocenters. The number of hydrogen-bond acceptors (Lipinski definition) is 3. The summed E-state index contributed by atoms with van der Waals surface area (Å²) in [5.74, 6) is 0. The fourth-order valence-electron chi connectivity index (χ4n) is 1.39. The Morgan fingerprint density at radius 1 is 1.35 bits per heavy atom. The van der Waals surface area contributed by atoms with Gasteiger partial charge >= 0.3 is 0 Å². The summed E-state index contributed by atoms with van der Waals surface area (Å²) in [5.41, 5.74) is 2.88. The Balaban J connectivity index is 2.12. The molecule has 0 unspecified atom stereocenters. The first kappa shape index (κ1) is 12.3. The molecule has 5 heteroatoms. The molecule has 0 saturated heterocycles. The van der Waals surface area contributed by atoms with Gasteiger partial charge in [-0.2, -0.15) is 0 Å². The fraction of sp³-hybridized carbons (Fsp3) is 0.167. The molecule has 1 heterocycles. The maximum absolute atomic E-state index is 6.08. The van der Waals surface area contributed by atoms with Gasteiger partial charge in [-0.15, -0.1) is 0 Å². The van der Waals surface area contributed by atoms with Gasteiger partial charge in [-0.05, 0) is 40.5 Å². The van der Waals surface area contributed by atoms with Gasteiger partial charge < -0.3 is 5.32 Å². The van der Waals surface area contributed by atoms with Crippen LogP contribution in [0, 0.1) is 6.92 Å². The van der Waals surface area contributed by atoms with Crippen LogP contribution in [0.15, 0.2) is 35.2 Å². The van der Waals surface area contributed by atoms with E-state index in [-0.39, 0.29) is 0 Å². The first-order valence-electron chi connectivity index (χ1n) is 5.11. The number of benzene rings is 1. The summed E-state index contributed by atoms with van der Waals surface area (Å²) in [5, 5.41) is 4.01. The van der Waals surface area contributed by atoms with E-state index in [0.29, 0.717) is 6.54 Å². The molecule has 1 aromatic carbocycles. The quantitative estimate of drug-likeness (QED) is 0.936. The molecule has 0 fully saturated rings. The van der Waals surface area contributed by atoms with Crippen molar-refractivity contribution < 1.29 is 0 Å². The lowest BCUT2D eigenvalue weighted by Crippen LogP contribution is -2.02. The third-order valence-electron chi connectivity index (χ3n) is 2.32. The van der Waals surface area contributed by atoms with Gasteiger partial charge in [-0.1, -0.05) is 11.6 Å². The molecule has 0 aliphatic rings. The highest BCUT2D eigenvalue weighted by atomic mass is 79.9. The summed E-state index contributed by atoms with van der Waals surface area (Å²) in [6, 6.07) is 3.89. The van der Waals surface area contributed by atoms with Crippen LogP contribution in [0.2, 0.25) is 5.02 Å². The highest BCUT2D eigenvalue weighted by Gasteiger charge is 2.04. The predicted octanol–water partition coefficient (Wildman–Crippen LogP) is 3.81. The van der Waals surface area contributed by atoms with Gasteiger partial charge in [-0.25, -0.2) is 0 Å². The van der Waals surface area contributed by atoms with E-state index in [9.17, 15) is 0 Å². The average Bonchev–Trinajstić information content (AvgIpc) is 2.33. The van der Waals surface area contributed by atoms with Crippen LogP contribution in [0.3, 0.4) is 0 Å². The third-order valence-corrected chi connectivity index (χ3v) is 3.39. The fourth-order valence-corrected chi connectivity index (χ4v) is 2.15. The van der Waals surface area contributed by atoms with Crippen LogP contribution in [-0.4, -0.2) is 9.97 Å². The highest BCUT2D eigenvalue weighted by molar-refractivity contribution is 9.10. The third kappa shape index (κ3) is 3.17. The van der Waals surface area contributed by atoms with Crippen LogP contribution >= 0.6 is 27.5 Å². The summed E-state index contributed by atoms with van der Waals surface area (Å²) < 4.78 is 0.989. The molecule has 1 N–H and O–H groups in total. The number of halogens is 2. The van der Waals surface area contributed by atoms with Crippen molar-refractivity contribution in [2.45, 2.75) is 13.5 Å². The molecule has 0 radical (unpaired) electrons. The molecule has 0 saturated carbocycles. The Morgan fingerprint density at radius 2 is 2.18 bits per heavy atom. The first-order valence-corrected chi connectivity index (χ1v) is 6.28. The van der Waals surface area contributed by atoms with Crippen LogP contribution in [-0.2, 0) is 6.54 Å². The van der Waals surface area contributed by atoms with Gasteiger partial charge in [0.25, 0.3) is 0 Å². The minimum absolute atomic E-state index is 0.617. The second-order valence-corrected chi connectivity index (χ2v) is 4.89. The molecule has 0 spiro atoms. The molecular weight excluding hydrogens is 302 g/mol. The summed E-state index contributed by atoms with van der Waals surface area (Å²) in [6.45, 7) is 2.59. The van der Waals surface area contributed by atoms with E-state index < -0.39 is 0 Å². The Labute approximate surface area is 113 Å². The largest absolute Gasteiger partial charge is 0.378 e. The van der Waals surface area contributed by atoms with Crippen LogP contribution in [0.4, 0.5) is 5.69 Å². The number of nitrogens with zero attached hydrogens (tertiary/aromatic N) is 2. The van der Waals surface area contributed by atoms with E-state index >= 15 is 0 Å². The van der Waals surface area contributed by atoms with E-state index in [1.54, 1.807) is 18.6 Å². The lowest BCUT2D eigenvalue weighted by Gasteiger charge is -2.10. The second-order valence-electron chi connectivity index (χ2n) is 3.63. The zero-order valence-corrected chi connectivity index (χ0v) is 11.6. The van der Waals surface area contributed by atoms with E-state index in [1.165, 1.54) is 0 Å². The van der Waals surface area contributed by atoms with Gasteiger partial charge in [0.1, 0.15) is 0 Å². The van der Waals surface area contributed by atoms with Crippen molar-refractivity contribution in [3.8, 4) is 0 Å². The van der Waals surface area contributed by atoms with Gasteiger partial charge in [0.15, 0.2) is 0 Å². The zero-order chi connectivity index (χ0) is 12.3. The molecule has 2 aromatic rings. The summed E-state index contributed by atoms with van der Waals surface area (Å²) in [4.78, 5) is 8.20. The topological polar surface area (TPSA) is 37.8 Å². The molecule has 0 amide bonds. The Hall–Kier alpha value is -1.13. The Morgan fingerprint density at radius 3 is 2.88 bits per heavy atom. The molecule has 2 rings (SSSR count). The second kappa shape index (κ2) is 5.47. The van der Waals surface area contributed by atoms with Gasteiger partial charge in [0, 0.05) is 21.9 Å². The zero-order valence-electron chi connectivity index (χ0n) is 9.24. The number of rotatable bonds is 3. The van der Waals surface area contributed by atoms with Crippen molar-refractivity contribution in [3.63, 3.8) is 0 Å². The molecule has 17 heavy (non-hydrogen) atoms. The van der Waals surface area contributed by atoms with E-state index in [4.69, 9.17) is 11.6 Å². The molecule has 3 nitrogen and oxygen atoms in total. The molecule has 0 bridgehead atoms. The predicted molar refractivity (Wildman–Crippen MR) is 73.2 cm³/mol. The Bertz CT molecular complexity index is 517. The highest BCUT2D eigenvalue weighted by Crippen LogP contribution is 2.29. The molecule has 0 aliphatic carbocycles.